The van der Waals surface area contributed by atoms with Gasteiger partial charge in [0.2, 0.25) is 11.8 Å². The van der Waals surface area contributed by atoms with Crippen molar-refractivity contribution in [1.29, 1.82) is 0 Å². The SMILES string of the molecule is N[C@@]12CC=CC[C@]1(N)C(O)N(C1CCC(=O)NC1)C2=O. The molecule has 6 N–H and O–H groups in total. The molecule has 2 unspecified atom stereocenters. The molecule has 0 saturated carbocycles. The fourth-order valence-electron chi connectivity index (χ4n) is 3.45. The number of piperidine rings is 1. The monoisotopic (exact) mass is 280 g/mol. The van der Waals surface area contributed by atoms with E-state index in [1.54, 1.807) is 0 Å². The van der Waals surface area contributed by atoms with Crippen LogP contribution < -0.4 is 16.8 Å². The zero-order valence-electron chi connectivity index (χ0n) is 11.2. The zero-order valence-corrected chi connectivity index (χ0v) is 11.2. The van der Waals surface area contributed by atoms with Crippen LogP contribution in [0.4, 0.5) is 0 Å². The lowest BCUT2D eigenvalue weighted by Gasteiger charge is -2.40. The largest absolute Gasteiger partial charge is 0.371 e. The van der Waals surface area contributed by atoms with Crippen LogP contribution >= 0.6 is 0 Å². The lowest BCUT2D eigenvalue weighted by atomic mass is 9.72. The molecule has 0 bridgehead atoms. The molecule has 4 atom stereocenters. The van der Waals surface area contributed by atoms with Crippen molar-refractivity contribution >= 4 is 11.8 Å². The summed E-state index contributed by atoms with van der Waals surface area (Å²) in [5.74, 6) is -0.357. The van der Waals surface area contributed by atoms with Gasteiger partial charge in [-0.15, -0.1) is 0 Å². The van der Waals surface area contributed by atoms with Crippen molar-refractivity contribution in [3.05, 3.63) is 12.2 Å². The minimum atomic E-state index is -1.26. The van der Waals surface area contributed by atoms with Gasteiger partial charge in [0.1, 0.15) is 11.8 Å². The fraction of sp³-hybridized carbons (Fsp3) is 0.692. The Balaban J connectivity index is 1.91. The highest BCUT2D eigenvalue weighted by Crippen LogP contribution is 2.42. The molecule has 2 fully saturated rings. The highest BCUT2D eigenvalue weighted by Gasteiger charge is 2.66. The Kier molecular flexibility index (Phi) is 2.89. The first-order valence-corrected chi connectivity index (χ1v) is 6.90. The molecule has 0 radical (unpaired) electrons. The maximum atomic E-state index is 12.7. The Hall–Kier alpha value is -1.44. The van der Waals surface area contributed by atoms with Gasteiger partial charge in [-0.05, 0) is 19.3 Å². The van der Waals surface area contributed by atoms with Gasteiger partial charge in [-0.3, -0.25) is 9.59 Å². The van der Waals surface area contributed by atoms with Gasteiger partial charge in [-0.25, -0.2) is 0 Å². The van der Waals surface area contributed by atoms with Crippen LogP contribution in [0.15, 0.2) is 12.2 Å². The molecule has 0 spiro atoms. The second kappa shape index (κ2) is 4.28. The Morgan fingerprint density at radius 2 is 2.00 bits per heavy atom. The predicted octanol–water partition coefficient (Wildman–Crippen LogP) is -1.83. The molecule has 2 heterocycles. The van der Waals surface area contributed by atoms with Gasteiger partial charge in [-0.2, -0.15) is 0 Å². The van der Waals surface area contributed by atoms with E-state index in [0.717, 1.165) is 0 Å². The van der Waals surface area contributed by atoms with Crippen molar-refractivity contribution in [2.45, 2.75) is 49.0 Å². The van der Waals surface area contributed by atoms with Gasteiger partial charge in [0.05, 0.1) is 11.6 Å². The van der Waals surface area contributed by atoms with E-state index in [-0.39, 0.29) is 17.9 Å². The minimum absolute atomic E-state index is 0.0357. The molecule has 2 aliphatic heterocycles. The third kappa shape index (κ3) is 1.57. The second-order valence-corrected chi connectivity index (χ2v) is 5.97. The van der Waals surface area contributed by atoms with E-state index in [1.807, 2.05) is 12.2 Å². The molecule has 0 aromatic rings. The average Bonchev–Trinajstić information content (AvgIpc) is 2.58. The van der Waals surface area contributed by atoms with Crippen LogP contribution in [0.3, 0.4) is 0 Å². The standard InChI is InChI=1S/C13H20N4O3/c14-12-5-1-2-6-13(12,15)11(20)17(10(12)19)8-3-4-9(18)16-7-8/h1-2,8,10,19H,3-7,14-15H2,(H,16,18)/t8?,10?,12-,13+/m0/s1. The van der Waals surface area contributed by atoms with Crippen molar-refractivity contribution in [2.24, 2.45) is 11.5 Å². The molecule has 0 aromatic carbocycles. The maximum absolute atomic E-state index is 12.7. The first kappa shape index (κ1) is 13.5. The number of likely N-dealkylation sites (tertiary alicyclic amines) is 1. The maximum Gasteiger partial charge on any atom is 0.247 e. The minimum Gasteiger partial charge on any atom is -0.371 e. The van der Waals surface area contributed by atoms with E-state index < -0.39 is 17.3 Å². The molecular weight excluding hydrogens is 260 g/mol. The normalized spacial score (nSPS) is 44.5. The van der Waals surface area contributed by atoms with E-state index >= 15 is 0 Å². The number of fused-ring (bicyclic) bond motifs is 1. The number of carbonyl (C=O) groups is 2. The molecule has 3 rings (SSSR count). The molecule has 20 heavy (non-hydrogen) atoms. The molecule has 7 nitrogen and oxygen atoms in total. The lowest BCUT2D eigenvalue weighted by Crippen LogP contribution is -2.69. The number of nitrogens with one attached hydrogen (secondary N) is 1. The summed E-state index contributed by atoms with van der Waals surface area (Å²) in [6.07, 6.45) is 4.13. The first-order chi connectivity index (χ1) is 9.40. The quantitative estimate of drug-likeness (QED) is 0.421. The molecule has 3 aliphatic rings. The highest BCUT2D eigenvalue weighted by atomic mass is 16.3. The summed E-state index contributed by atoms with van der Waals surface area (Å²) in [4.78, 5) is 25.3. The van der Waals surface area contributed by atoms with Crippen LogP contribution in [0.25, 0.3) is 0 Å². The van der Waals surface area contributed by atoms with E-state index in [2.05, 4.69) is 5.32 Å². The summed E-state index contributed by atoms with van der Waals surface area (Å²) in [6.45, 7) is 0.335. The van der Waals surface area contributed by atoms with Crippen molar-refractivity contribution in [2.75, 3.05) is 6.54 Å². The number of rotatable bonds is 1. The van der Waals surface area contributed by atoms with Gasteiger partial charge in [0, 0.05) is 13.0 Å². The number of amides is 2. The average molecular weight is 280 g/mol. The van der Waals surface area contributed by atoms with Crippen molar-refractivity contribution in [3.8, 4) is 0 Å². The Labute approximate surface area is 117 Å². The summed E-state index contributed by atoms with van der Waals surface area (Å²) < 4.78 is 0. The number of nitrogens with zero attached hydrogens (tertiary/aromatic N) is 1. The number of hydrogen-bond donors (Lipinski definition) is 4. The lowest BCUT2D eigenvalue weighted by molar-refractivity contribution is -0.142. The van der Waals surface area contributed by atoms with Crippen molar-refractivity contribution < 1.29 is 14.7 Å². The third-order valence-corrected chi connectivity index (χ3v) is 4.87. The van der Waals surface area contributed by atoms with Crippen molar-refractivity contribution in [1.82, 2.24) is 10.2 Å². The smallest absolute Gasteiger partial charge is 0.247 e. The number of aliphatic hydroxyl groups excluding tert-OH is 1. The van der Waals surface area contributed by atoms with Gasteiger partial charge >= 0.3 is 0 Å². The summed E-state index contributed by atoms with van der Waals surface area (Å²) >= 11 is 0. The van der Waals surface area contributed by atoms with E-state index in [4.69, 9.17) is 11.5 Å². The van der Waals surface area contributed by atoms with Gasteiger partial charge in [-0.1, -0.05) is 12.2 Å². The second-order valence-electron chi connectivity index (χ2n) is 5.97. The molecule has 1 aliphatic carbocycles. The molecule has 2 saturated heterocycles. The molecule has 7 heteroatoms. The van der Waals surface area contributed by atoms with E-state index in [0.29, 0.717) is 32.2 Å². The first-order valence-electron chi connectivity index (χ1n) is 6.90. The van der Waals surface area contributed by atoms with Crippen LogP contribution in [-0.4, -0.2) is 51.7 Å². The summed E-state index contributed by atoms with van der Waals surface area (Å²) in [7, 11) is 0. The Morgan fingerprint density at radius 3 is 2.60 bits per heavy atom. The molecule has 2 amide bonds. The van der Waals surface area contributed by atoms with Crippen LogP contribution in [0.2, 0.25) is 0 Å². The Morgan fingerprint density at radius 1 is 1.30 bits per heavy atom. The van der Waals surface area contributed by atoms with Gasteiger partial charge in [0.15, 0.2) is 0 Å². The van der Waals surface area contributed by atoms with Crippen LogP contribution in [-0.2, 0) is 9.59 Å². The highest BCUT2D eigenvalue weighted by molar-refractivity contribution is 5.92. The number of aliphatic hydroxyl groups is 1. The van der Waals surface area contributed by atoms with Crippen LogP contribution in [0.1, 0.15) is 25.7 Å². The zero-order chi connectivity index (χ0) is 14.5. The fourth-order valence-corrected chi connectivity index (χ4v) is 3.45. The molecule has 110 valence electrons. The van der Waals surface area contributed by atoms with Gasteiger partial charge < -0.3 is 26.8 Å². The summed E-state index contributed by atoms with van der Waals surface area (Å²) in [6, 6.07) is -0.248. The van der Waals surface area contributed by atoms with Crippen LogP contribution in [0.5, 0.6) is 0 Å². The molecule has 0 aromatic heterocycles. The summed E-state index contributed by atoms with van der Waals surface area (Å²) in [5.41, 5.74) is 10.1. The Bertz CT molecular complexity index is 484. The molecular formula is C13H20N4O3. The van der Waals surface area contributed by atoms with E-state index in [1.165, 1.54) is 4.90 Å². The summed E-state index contributed by atoms with van der Waals surface area (Å²) in [5, 5.41) is 13.3. The van der Waals surface area contributed by atoms with Crippen molar-refractivity contribution in [3.63, 3.8) is 0 Å². The predicted molar refractivity (Wildman–Crippen MR) is 71.1 cm³/mol. The van der Waals surface area contributed by atoms with Crippen LogP contribution in [0, 0.1) is 0 Å². The number of carbonyl (C=O) groups excluding carboxylic acids is 2. The van der Waals surface area contributed by atoms with E-state index in [9.17, 15) is 14.7 Å². The number of nitrogens with two attached hydrogens (primary N) is 2. The third-order valence-electron chi connectivity index (χ3n) is 4.87. The van der Waals surface area contributed by atoms with Gasteiger partial charge in [0.25, 0.3) is 0 Å². The number of hydrogen-bond acceptors (Lipinski definition) is 5. The topological polar surface area (TPSA) is 122 Å².